The van der Waals surface area contributed by atoms with Gasteiger partial charge in [-0.1, -0.05) is 34.1 Å². The van der Waals surface area contributed by atoms with Gasteiger partial charge in [-0.25, -0.2) is 9.79 Å². The zero-order valence-electron chi connectivity index (χ0n) is 18.9. The Hall–Kier alpha value is -3.56. The quantitative estimate of drug-likeness (QED) is 0.363. The summed E-state index contributed by atoms with van der Waals surface area (Å²) in [6.07, 6.45) is 1.78. The van der Waals surface area contributed by atoms with Crippen LogP contribution in [0.4, 0.5) is 5.69 Å². The number of thioether (sulfide) groups is 1. The molecular weight excluding hydrogens is 532 g/mol. The number of ether oxygens (including phenoxy) is 2. The number of aromatic carboxylic acids is 1. The van der Waals surface area contributed by atoms with E-state index in [0.717, 1.165) is 15.6 Å². The summed E-state index contributed by atoms with van der Waals surface area (Å²) in [5, 5.41) is 9.54. The van der Waals surface area contributed by atoms with Crippen LogP contribution in [0.2, 0.25) is 0 Å². The first-order valence-electron chi connectivity index (χ1n) is 10.5. The number of nitrogens with zero attached hydrogens (tertiary/aromatic N) is 2. The average molecular weight is 553 g/mol. The molecule has 35 heavy (non-hydrogen) atoms. The maximum Gasteiger partial charge on any atom is 0.335 e. The van der Waals surface area contributed by atoms with Crippen LogP contribution in [0, 0.1) is 0 Å². The second-order valence-electron chi connectivity index (χ2n) is 7.55. The molecule has 1 aliphatic rings. The number of carbonyl (C=O) groups is 2. The first-order chi connectivity index (χ1) is 16.8. The Morgan fingerprint density at radius 3 is 2.46 bits per heavy atom. The third-order valence-electron chi connectivity index (χ3n) is 5.14. The summed E-state index contributed by atoms with van der Waals surface area (Å²) in [6.45, 7) is 0.399. The van der Waals surface area contributed by atoms with Crippen molar-refractivity contribution in [1.29, 1.82) is 0 Å². The molecule has 0 saturated carbocycles. The topological polar surface area (TPSA) is 88.4 Å². The molecule has 1 aliphatic heterocycles. The number of carbonyl (C=O) groups excluding carboxylic acids is 1. The number of benzene rings is 3. The fourth-order valence-corrected chi connectivity index (χ4v) is 4.48. The summed E-state index contributed by atoms with van der Waals surface area (Å²) in [5.41, 5.74) is 2.56. The van der Waals surface area contributed by atoms with Crippen molar-refractivity contribution in [3.8, 4) is 11.5 Å². The zero-order chi connectivity index (χ0) is 24.9. The van der Waals surface area contributed by atoms with Crippen molar-refractivity contribution in [1.82, 2.24) is 4.90 Å². The summed E-state index contributed by atoms with van der Waals surface area (Å²) >= 11 is 4.67. The van der Waals surface area contributed by atoms with Crippen LogP contribution < -0.4 is 9.47 Å². The molecule has 9 heteroatoms. The molecule has 1 N–H and O–H groups in total. The van der Waals surface area contributed by atoms with Crippen LogP contribution in [0.3, 0.4) is 0 Å². The number of amides is 1. The van der Waals surface area contributed by atoms with E-state index in [-0.39, 0.29) is 11.5 Å². The molecule has 0 unspecified atom stereocenters. The highest BCUT2D eigenvalue weighted by atomic mass is 79.9. The molecule has 7 nitrogen and oxygen atoms in total. The molecule has 3 aromatic carbocycles. The Labute approximate surface area is 215 Å². The van der Waals surface area contributed by atoms with E-state index in [1.165, 1.54) is 28.8 Å². The lowest BCUT2D eigenvalue weighted by atomic mass is 10.2. The smallest absolute Gasteiger partial charge is 0.335 e. The largest absolute Gasteiger partial charge is 0.493 e. The van der Waals surface area contributed by atoms with Crippen LogP contribution in [0.5, 0.6) is 11.5 Å². The third-order valence-corrected chi connectivity index (χ3v) is 6.72. The maximum atomic E-state index is 12.8. The van der Waals surface area contributed by atoms with E-state index in [1.54, 1.807) is 32.4 Å². The molecule has 3 aromatic rings. The predicted octanol–water partition coefficient (Wildman–Crippen LogP) is 5.97. The number of hydrogen-bond donors (Lipinski definition) is 1. The Morgan fingerprint density at radius 2 is 1.80 bits per heavy atom. The number of amidine groups is 1. The highest BCUT2D eigenvalue weighted by Crippen LogP contribution is 2.35. The molecular formula is C26H21BrN2O5S. The van der Waals surface area contributed by atoms with Gasteiger partial charge in [0.05, 0.1) is 23.3 Å². The van der Waals surface area contributed by atoms with Gasteiger partial charge in [-0.15, -0.1) is 0 Å². The fraction of sp³-hybridized carbons (Fsp3) is 0.115. The molecule has 1 amide bonds. The average Bonchev–Trinajstić information content (AvgIpc) is 3.12. The van der Waals surface area contributed by atoms with Gasteiger partial charge in [-0.2, -0.15) is 0 Å². The van der Waals surface area contributed by atoms with Crippen LogP contribution in [0.25, 0.3) is 6.08 Å². The van der Waals surface area contributed by atoms with Gasteiger partial charge in [0.25, 0.3) is 5.91 Å². The maximum absolute atomic E-state index is 12.8. The number of likely N-dealkylation sites (N-methyl/N-ethyl adjacent to an activating group) is 1. The van der Waals surface area contributed by atoms with Crippen molar-refractivity contribution < 1.29 is 24.2 Å². The van der Waals surface area contributed by atoms with E-state index in [9.17, 15) is 9.59 Å². The first kappa shape index (κ1) is 24.6. The lowest BCUT2D eigenvalue weighted by molar-refractivity contribution is -0.121. The summed E-state index contributed by atoms with van der Waals surface area (Å²) < 4.78 is 12.4. The first-order valence-corrected chi connectivity index (χ1v) is 12.1. The number of carboxylic acid groups (broad SMARTS) is 1. The van der Waals surface area contributed by atoms with Crippen LogP contribution in [-0.2, 0) is 11.4 Å². The molecule has 4 rings (SSSR count). The minimum atomic E-state index is -1.00. The van der Waals surface area contributed by atoms with Crippen molar-refractivity contribution in [3.63, 3.8) is 0 Å². The minimum absolute atomic E-state index is 0.176. The Kier molecular flexibility index (Phi) is 7.57. The molecule has 0 radical (unpaired) electrons. The molecule has 0 aliphatic carbocycles. The van der Waals surface area contributed by atoms with Gasteiger partial charge in [0.1, 0.15) is 6.61 Å². The van der Waals surface area contributed by atoms with Gasteiger partial charge >= 0.3 is 5.97 Å². The van der Waals surface area contributed by atoms with Crippen LogP contribution in [-0.4, -0.2) is 41.2 Å². The van der Waals surface area contributed by atoms with Gasteiger partial charge in [-0.3, -0.25) is 9.69 Å². The molecule has 1 saturated heterocycles. The minimum Gasteiger partial charge on any atom is -0.493 e. The lowest BCUT2D eigenvalue weighted by Crippen LogP contribution is -2.23. The van der Waals surface area contributed by atoms with Crippen LogP contribution in [0.15, 0.2) is 81.1 Å². The second kappa shape index (κ2) is 10.8. The highest BCUT2D eigenvalue weighted by molar-refractivity contribution is 9.10. The van der Waals surface area contributed by atoms with Gasteiger partial charge in [0.2, 0.25) is 0 Å². The van der Waals surface area contributed by atoms with Crippen molar-refractivity contribution in [2.45, 2.75) is 6.61 Å². The van der Waals surface area contributed by atoms with Gasteiger partial charge in [0, 0.05) is 11.5 Å². The molecule has 1 heterocycles. The number of methoxy groups -OCH3 is 1. The molecule has 0 aromatic heterocycles. The van der Waals surface area contributed by atoms with E-state index in [1.807, 2.05) is 42.5 Å². The van der Waals surface area contributed by atoms with E-state index in [0.29, 0.717) is 33.9 Å². The van der Waals surface area contributed by atoms with E-state index in [2.05, 4.69) is 20.9 Å². The van der Waals surface area contributed by atoms with E-state index < -0.39 is 5.97 Å². The van der Waals surface area contributed by atoms with Crippen LogP contribution in [0.1, 0.15) is 21.5 Å². The van der Waals surface area contributed by atoms with Gasteiger partial charge in [-0.05, 0) is 77.5 Å². The number of hydrogen-bond acceptors (Lipinski definition) is 6. The van der Waals surface area contributed by atoms with Gasteiger partial charge in [0.15, 0.2) is 16.7 Å². The van der Waals surface area contributed by atoms with Crippen molar-refractivity contribution >= 4 is 56.5 Å². The Bertz CT molecular complexity index is 1320. The third kappa shape index (κ3) is 5.93. The van der Waals surface area contributed by atoms with E-state index >= 15 is 0 Å². The fourth-order valence-electron chi connectivity index (χ4n) is 3.23. The normalized spacial score (nSPS) is 15.6. The molecule has 1 fully saturated rings. The Morgan fingerprint density at radius 1 is 1.09 bits per heavy atom. The number of halogens is 1. The second-order valence-corrected chi connectivity index (χ2v) is 9.47. The number of rotatable bonds is 7. The summed E-state index contributed by atoms with van der Waals surface area (Å²) in [7, 11) is 3.22. The summed E-state index contributed by atoms with van der Waals surface area (Å²) in [6, 6.07) is 19.5. The summed E-state index contributed by atoms with van der Waals surface area (Å²) in [4.78, 5) is 30.3. The zero-order valence-corrected chi connectivity index (χ0v) is 21.3. The van der Waals surface area contributed by atoms with Crippen molar-refractivity contribution in [2.75, 3.05) is 14.2 Å². The molecule has 0 atom stereocenters. The standard InChI is InChI=1S/C26H21BrN2O5S/c1-29-24(30)23(35-26(29)28-20-10-6-18(7-11-20)25(31)32)14-17-5-12-21(22(13-17)33-2)34-15-16-3-8-19(27)9-4-16/h3-14H,15H2,1-2H3,(H,31,32). The highest BCUT2D eigenvalue weighted by Gasteiger charge is 2.30. The summed E-state index contributed by atoms with van der Waals surface area (Å²) in [5.74, 6) is -0.0117. The predicted molar refractivity (Wildman–Crippen MR) is 140 cm³/mol. The molecule has 0 bridgehead atoms. The number of carboxylic acids is 1. The van der Waals surface area contributed by atoms with Gasteiger partial charge < -0.3 is 14.6 Å². The monoisotopic (exact) mass is 552 g/mol. The molecule has 178 valence electrons. The van der Waals surface area contributed by atoms with Crippen LogP contribution >= 0.6 is 27.7 Å². The molecule has 0 spiro atoms. The lowest BCUT2D eigenvalue weighted by Gasteiger charge is -2.11. The van der Waals surface area contributed by atoms with Crippen molar-refractivity contribution in [2.24, 2.45) is 4.99 Å². The van der Waals surface area contributed by atoms with E-state index in [4.69, 9.17) is 14.6 Å². The van der Waals surface area contributed by atoms with Crippen molar-refractivity contribution in [3.05, 3.63) is 92.8 Å². The number of aliphatic imine (C=N–C) groups is 1. The Balaban J connectivity index is 1.50. The SMILES string of the molecule is COc1cc(C=C2SC(=Nc3ccc(C(=O)O)cc3)N(C)C2=O)ccc1OCc1ccc(Br)cc1.